The molecule has 0 amide bonds. The van der Waals surface area contributed by atoms with Gasteiger partial charge >= 0.3 is 0 Å². The van der Waals surface area contributed by atoms with E-state index in [1.807, 2.05) is 0 Å². The Labute approximate surface area is 84.5 Å². The molecular weight excluding hydrogens is 202 g/mol. The summed E-state index contributed by atoms with van der Waals surface area (Å²) >= 11 is 0. The Morgan fingerprint density at radius 2 is 2.07 bits per heavy atom. The van der Waals surface area contributed by atoms with Crippen LogP contribution in [0.15, 0.2) is 28.9 Å². The van der Waals surface area contributed by atoms with Gasteiger partial charge in [0.25, 0.3) is 0 Å². The third-order valence-corrected chi connectivity index (χ3v) is 1.94. The van der Waals surface area contributed by atoms with Crippen LogP contribution in [0.25, 0.3) is 11.3 Å². The molecule has 0 aliphatic rings. The molecule has 0 bridgehead atoms. The third kappa shape index (κ3) is 1.87. The Hall–Kier alpha value is -1.75. The minimum Gasteiger partial charge on any atom is -0.447 e. The summed E-state index contributed by atoms with van der Waals surface area (Å²) < 4.78 is 30.5. The van der Waals surface area contributed by atoms with Crippen molar-refractivity contribution in [2.45, 2.75) is 6.54 Å². The van der Waals surface area contributed by atoms with E-state index in [4.69, 9.17) is 10.2 Å². The molecule has 0 spiro atoms. The van der Waals surface area contributed by atoms with E-state index >= 15 is 0 Å². The van der Waals surface area contributed by atoms with Gasteiger partial charge in [0.05, 0.1) is 6.54 Å². The Balaban J connectivity index is 2.40. The van der Waals surface area contributed by atoms with Crippen LogP contribution in [0.4, 0.5) is 8.78 Å². The lowest BCUT2D eigenvalue weighted by Gasteiger charge is -1.96. The van der Waals surface area contributed by atoms with Gasteiger partial charge < -0.3 is 10.2 Å². The van der Waals surface area contributed by atoms with Gasteiger partial charge in [-0.3, -0.25) is 0 Å². The molecule has 0 saturated heterocycles. The second-order valence-electron chi connectivity index (χ2n) is 2.96. The van der Waals surface area contributed by atoms with Crippen LogP contribution in [0.1, 0.15) is 5.89 Å². The van der Waals surface area contributed by atoms with Gasteiger partial charge in [0.2, 0.25) is 5.89 Å². The molecule has 0 fully saturated rings. The third-order valence-electron chi connectivity index (χ3n) is 1.94. The number of hydrogen-bond donors (Lipinski definition) is 1. The van der Waals surface area contributed by atoms with Crippen LogP contribution in [0.5, 0.6) is 0 Å². The molecule has 0 aliphatic carbocycles. The highest BCUT2D eigenvalue weighted by Gasteiger charge is 2.08. The summed E-state index contributed by atoms with van der Waals surface area (Å²) in [5, 5.41) is 0. The average Bonchev–Trinajstić information content (AvgIpc) is 2.70. The molecule has 1 aromatic carbocycles. The maximum atomic E-state index is 12.9. The van der Waals surface area contributed by atoms with E-state index in [0.29, 0.717) is 17.1 Å². The summed E-state index contributed by atoms with van der Waals surface area (Å²) in [6, 6.07) is 3.53. The van der Waals surface area contributed by atoms with Gasteiger partial charge in [0, 0.05) is 5.56 Å². The van der Waals surface area contributed by atoms with E-state index in [9.17, 15) is 8.78 Å². The Kier molecular flexibility index (Phi) is 2.47. The summed E-state index contributed by atoms with van der Waals surface area (Å²) in [4.78, 5) is 3.99. The van der Waals surface area contributed by atoms with Crippen molar-refractivity contribution in [3.8, 4) is 11.3 Å². The fraction of sp³-hybridized carbons (Fsp3) is 0.100. The highest BCUT2D eigenvalue weighted by molar-refractivity contribution is 5.57. The first kappa shape index (κ1) is 9.79. The van der Waals surface area contributed by atoms with Gasteiger partial charge in [-0.15, -0.1) is 0 Å². The van der Waals surface area contributed by atoms with Crippen molar-refractivity contribution >= 4 is 0 Å². The van der Waals surface area contributed by atoms with E-state index < -0.39 is 11.6 Å². The molecule has 0 radical (unpaired) electrons. The summed E-state index contributed by atoms with van der Waals surface area (Å²) in [6.45, 7) is 0.170. The van der Waals surface area contributed by atoms with E-state index in [2.05, 4.69) is 4.98 Å². The summed E-state index contributed by atoms with van der Waals surface area (Å²) in [6.07, 6.45) is 1.36. The molecule has 1 aromatic heterocycles. The molecule has 0 aliphatic heterocycles. The summed E-state index contributed by atoms with van der Waals surface area (Å²) in [5.74, 6) is -1.44. The van der Waals surface area contributed by atoms with Gasteiger partial charge in [-0.05, 0) is 18.2 Å². The fourth-order valence-electron chi connectivity index (χ4n) is 1.19. The van der Waals surface area contributed by atoms with Gasteiger partial charge in [0.15, 0.2) is 11.6 Å². The SMILES string of the molecule is NCc1nc(-c2ccc(F)c(F)c2)co1. The van der Waals surface area contributed by atoms with Crippen molar-refractivity contribution in [1.29, 1.82) is 0 Å². The first-order valence-corrected chi connectivity index (χ1v) is 4.30. The molecule has 15 heavy (non-hydrogen) atoms. The Bertz CT molecular complexity index is 482. The van der Waals surface area contributed by atoms with Crippen molar-refractivity contribution in [3.63, 3.8) is 0 Å². The lowest BCUT2D eigenvalue weighted by Crippen LogP contribution is -1.95. The Morgan fingerprint density at radius 1 is 1.27 bits per heavy atom. The zero-order chi connectivity index (χ0) is 10.8. The first-order chi connectivity index (χ1) is 7.20. The second-order valence-corrected chi connectivity index (χ2v) is 2.96. The molecule has 2 N–H and O–H groups in total. The number of oxazole rings is 1. The van der Waals surface area contributed by atoms with Crippen molar-refractivity contribution in [1.82, 2.24) is 4.98 Å². The van der Waals surface area contributed by atoms with Crippen LogP contribution in [0.2, 0.25) is 0 Å². The summed E-state index contributed by atoms with van der Waals surface area (Å²) in [7, 11) is 0. The zero-order valence-corrected chi connectivity index (χ0v) is 7.71. The van der Waals surface area contributed by atoms with Gasteiger partial charge in [0.1, 0.15) is 12.0 Å². The molecule has 3 nitrogen and oxygen atoms in total. The minimum absolute atomic E-state index is 0.170. The van der Waals surface area contributed by atoms with Crippen molar-refractivity contribution in [2.75, 3.05) is 0 Å². The number of benzene rings is 1. The average molecular weight is 210 g/mol. The summed E-state index contributed by atoms with van der Waals surface area (Å²) in [5.41, 5.74) is 6.20. The largest absolute Gasteiger partial charge is 0.447 e. The van der Waals surface area contributed by atoms with Crippen molar-refractivity contribution in [3.05, 3.63) is 42.0 Å². The monoisotopic (exact) mass is 210 g/mol. The van der Waals surface area contributed by atoms with E-state index in [-0.39, 0.29) is 6.54 Å². The number of hydrogen-bond acceptors (Lipinski definition) is 3. The predicted octanol–water partition coefficient (Wildman–Crippen LogP) is 2.08. The van der Waals surface area contributed by atoms with Gasteiger partial charge in [-0.2, -0.15) is 0 Å². The van der Waals surface area contributed by atoms with Crippen LogP contribution >= 0.6 is 0 Å². The number of halogens is 2. The second kappa shape index (κ2) is 3.78. The van der Waals surface area contributed by atoms with Crippen LogP contribution in [0.3, 0.4) is 0 Å². The molecule has 2 rings (SSSR count). The highest BCUT2D eigenvalue weighted by Crippen LogP contribution is 2.20. The fourth-order valence-corrected chi connectivity index (χ4v) is 1.19. The van der Waals surface area contributed by atoms with Crippen molar-refractivity contribution < 1.29 is 13.2 Å². The van der Waals surface area contributed by atoms with E-state index in [1.165, 1.54) is 12.3 Å². The van der Waals surface area contributed by atoms with Crippen LogP contribution in [0, 0.1) is 11.6 Å². The lowest BCUT2D eigenvalue weighted by atomic mass is 10.1. The van der Waals surface area contributed by atoms with Gasteiger partial charge in [-0.25, -0.2) is 13.8 Å². The topological polar surface area (TPSA) is 52.0 Å². The number of rotatable bonds is 2. The van der Waals surface area contributed by atoms with Crippen molar-refractivity contribution in [2.24, 2.45) is 5.73 Å². The smallest absolute Gasteiger partial charge is 0.208 e. The molecular formula is C10H8F2N2O. The van der Waals surface area contributed by atoms with Crippen LogP contribution < -0.4 is 5.73 Å². The minimum atomic E-state index is -0.912. The van der Waals surface area contributed by atoms with Crippen LogP contribution in [-0.2, 0) is 6.54 Å². The molecule has 2 aromatic rings. The van der Waals surface area contributed by atoms with E-state index in [0.717, 1.165) is 12.1 Å². The van der Waals surface area contributed by atoms with Crippen LogP contribution in [-0.4, -0.2) is 4.98 Å². The normalized spacial score (nSPS) is 10.6. The zero-order valence-electron chi connectivity index (χ0n) is 7.71. The standard InChI is InChI=1S/C10H8F2N2O/c11-7-2-1-6(3-8(7)12)9-5-15-10(4-13)14-9/h1-3,5H,4,13H2. The number of nitrogens with two attached hydrogens (primary N) is 1. The van der Waals surface area contributed by atoms with E-state index in [1.54, 1.807) is 0 Å². The quantitative estimate of drug-likeness (QED) is 0.825. The molecule has 1 heterocycles. The molecule has 0 unspecified atom stereocenters. The number of aromatic nitrogens is 1. The van der Waals surface area contributed by atoms with Gasteiger partial charge in [-0.1, -0.05) is 0 Å². The lowest BCUT2D eigenvalue weighted by molar-refractivity contribution is 0.498. The first-order valence-electron chi connectivity index (χ1n) is 4.30. The maximum absolute atomic E-state index is 12.9. The maximum Gasteiger partial charge on any atom is 0.208 e. The number of nitrogens with zero attached hydrogens (tertiary/aromatic N) is 1. The molecule has 5 heteroatoms. The molecule has 78 valence electrons. The Morgan fingerprint density at radius 3 is 2.67 bits per heavy atom. The highest BCUT2D eigenvalue weighted by atomic mass is 19.2. The molecule has 0 atom stereocenters. The predicted molar refractivity (Wildman–Crippen MR) is 49.7 cm³/mol. The molecule has 0 saturated carbocycles.